The first-order valence-corrected chi connectivity index (χ1v) is 6.62. The largest absolute Gasteiger partial charge is 0.348 e. The van der Waals surface area contributed by atoms with Gasteiger partial charge in [-0.1, -0.05) is 31.2 Å². The number of halogens is 1. The molecule has 6 heteroatoms. The summed E-state index contributed by atoms with van der Waals surface area (Å²) < 4.78 is 13.9. The van der Waals surface area contributed by atoms with Gasteiger partial charge in [0.25, 0.3) is 5.91 Å². The molecule has 1 heterocycles. The highest BCUT2D eigenvalue weighted by molar-refractivity contribution is 5.95. The van der Waals surface area contributed by atoms with Crippen molar-refractivity contribution in [2.45, 2.75) is 19.9 Å². The fourth-order valence-electron chi connectivity index (χ4n) is 1.89. The lowest BCUT2D eigenvalue weighted by Crippen LogP contribution is -2.24. The maximum Gasteiger partial charge on any atom is 0.254 e. The number of rotatable bonds is 5. The molecule has 0 spiro atoms. The van der Waals surface area contributed by atoms with Gasteiger partial charge < -0.3 is 10.7 Å². The Kier molecular flexibility index (Phi) is 4.84. The van der Waals surface area contributed by atoms with Crippen LogP contribution >= 0.6 is 0 Å². The average molecular weight is 288 g/mol. The van der Waals surface area contributed by atoms with Crippen LogP contribution in [0.2, 0.25) is 0 Å². The summed E-state index contributed by atoms with van der Waals surface area (Å²) in [6.45, 7) is 2.40. The lowest BCUT2D eigenvalue weighted by Gasteiger charge is -2.08. The molecule has 2 rings (SSSR count). The summed E-state index contributed by atoms with van der Waals surface area (Å²) in [4.78, 5) is 15.7. The van der Waals surface area contributed by atoms with Gasteiger partial charge in [0.2, 0.25) is 0 Å². The summed E-state index contributed by atoms with van der Waals surface area (Å²) >= 11 is 0. The Balaban J connectivity index is 2.04. The summed E-state index contributed by atoms with van der Waals surface area (Å²) in [5.74, 6) is 3.70. The Morgan fingerprint density at radius 1 is 1.24 bits per heavy atom. The SMILES string of the molecule is CCc1ccc(CNC(=O)c2ccnc(NN)c2F)cc1. The fraction of sp³-hybridized carbons (Fsp3) is 0.200. The van der Waals surface area contributed by atoms with E-state index in [-0.39, 0.29) is 11.4 Å². The number of carbonyl (C=O) groups excluding carboxylic acids is 1. The van der Waals surface area contributed by atoms with E-state index in [1.165, 1.54) is 17.8 Å². The van der Waals surface area contributed by atoms with Crippen LogP contribution < -0.4 is 16.6 Å². The lowest BCUT2D eigenvalue weighted by atomic mass is 10.1. The van der Waals surface area contributed by atoms with Crippen molar-refractivity contribution in [3.8, 4) is 0 Å². The van der Waals surface area contributed by atoms with Gasteiger partial charge in [0, 0.05) is 12.7 Å². The van der Waals surface area contributed by atoms with E-state index < -0.39 is 11.7 Å². The molecule has 5 nitrogen and oxygen atoms in total. The van der Waals surface area contributed by atoms with Crippen LogP contribution in [0.5, 0.6) is 0 Å². The highest BCUT2D eigenvalue weighted by Crippen LogP contribution is 2.14. The summed E-state index contributed by atoms with van der Waals surface area (Å²) in [5, 5.41) is 2.67. The molecule has 1 amide bonds. The van der Waals surface area contributed by atoms with Crippen LogP contribution in [0.1, 0.15) is 28.4 Å². The molecule has 4 N–H and O–H groups in total. The van der Waals surface area contributed by atoms with Crippen molar-refractivity contribution < 1.29 is 9.18 Å². The van der Waals surface area contributed by atoms with Gasteiger partial charge in [0.15, 0.2) is 11.6 Å². The van der Waals surface area contributed by atoms with Crippen molar-refractivity contribution in [2.75, 3.05) is 5.43 Å². The van der Waals surface area contributed by atoms with Gasteiger partial charge in [-0.2, -0.15) is 0 Å². The number of aryl methyl sites for hydroxylation is 1. The van der Waals surface area contributed by atoms with Crippen LogP contribution in [-0.4, -0.2) is 10.9 Å². The van der Waals surface area contributed by atoms with Gasteiger partial charge >= 0.3 is 0 Å². The molecule has 0 radical (unpaired) electrons. The topological polar surface area (TPSA) is 80.0 Å². The number of aromatic nitrogens is 1. The summed E-state index contributed by atoms with van der Waals surface area (Å²) in [6.07, 6.45) is 2.28. The van der Waals surface area contributed by atoms with Crippen molar-refractivity contribution in [1.29, 1.82) is 0 Å². The Morgan fingerprint density at radius 2 is 1.90 bits per heavy atom. The van der Waals surface area contributed by atoms with E-state index in [9.17, 15) is 9.18 Å². The van der Waals surface area contributed by atoms with E-state index in [0.717, 1.165) is 12.0 Å². The van der Waals surface area contributed by atoms with Gasteiger partial charge in [0.05, 0.1) is 5.56 Å². The van der Waals surface area contributed by atoms with Crippen molar-refractivity contribution in [2.24, 2.45) is 5.84 Å². The highest BCUT2D eigenvalue weighted by atomic mass is 19.1. The van der Waals surface area contributed by atoms with Gasteiger partial charge in [-0.15, -0.1) is 0 Å². The summed E-state index contributed by atoms with van der Waals surface area (Å²) in [5.41, 5.74) is 4.19. The first-order valence-electron chi connectivity index (χ1n) is 6.62. The van der Waals surface area contributed by atoms with E-state index in [2.05, 4.69) is 22.7 Å². The van der Waals surface area contributed by atoms with E-state index >= 15 is 0 Å². The van der Waals surface area contributed by atoms with E-state index in [1.807, 2.05) is 24.3 Å². The number of nitrogens with zero attached hydrogens (tertiary/aromatic N) is 1. The molecular weight excluding hydrogens is 271 g/mol. The van der Waals surface area contributed by atoms with Crippen molar-refractivity contribution in [1.82, 2.24) is 10.3 Å². The fourth-order valence-corrected chi connectivity index (χ4v) is 1.89. The third-order valence-electron chi connectivity index (χ3n) is 3.15. The zero-order valence-electron chi connectivity index (χ0n) is 11.7. The predicted molar refractivity (Wildman–Crippen MR) is 79.0 cm³/mol. The number of nitrogens with two attached hydrogens (primary N) is 1. The molecule has 0 saturated carbocycles. The number of carbonyl (C=O) groups is 1. The maximum atomic E-state index is 13.9. The predicted octanol–water partition coefficient (Wildman–Crippen LogP) is 2.00. The molecular formula is C15H17FN4O. The number of nitrogens with one attached hydrogen (secondary N) is 2. The van der Waals surface area contributed by atoms with Crippen molar-refractivity contribution in [3.63, 3.8) is 0 Å². The normalized spacial score (nSPS) is 10.2. The zero-order chi connectivity index (χ0) is 15.2. The monoisotopic (exact) mass is 288 g/mol. The third kappa shape index (κ3) is 3.55. The molecule has 0 aliphatic carbocycles. The third-order valence-corrected chi connectivity index (χ3v) is 3.15. The van der Waals surface area contributed by atoms with Gasteiger partial charge in [0.1, 0.15) is 0 Å². The number of anilines is 1. The molecule has 1 aromatic heterocycles. The van der Waals surface area contributed by atoms with E-state index in [4.69, 9.17) is 5.84 Å². The number of benzene rings is 1. The number of hydrogen-bond donors (Lipinski definition) is 3. The minimum absolute atomic E-state index is 0.0943. The molecule has 0 saturated heterocycles. The number of hydrazine groups is 1. The smallest absolute Gasteiger partial charge is 0.254 e. The quantitative estimate of drug-likeness (QED) is 0.580. The second-order valence-electron chi connectivity index (χ2n) is 4.52. The number of nitrogen functional groups attached to an aromatic ring is 1. The molecule has 2 aromatic rings. The Morgan fingerprint density at radius 3 is 2.52 bits per heavy atom. The van der Waals surface area contributed by atoms with Crippen molar-refractivity contribution >= 4 is 11.7 Å². The average Bonchev–Trinajstić information content (AvgIpc) is 2.53. The second-order valence-corrected chi connectivity index (χ2v) is 4.52. The van der Waals surface area contributed by atoms with Crippen LogP contribution in [0.3, 0.4) is 0 Å². The van der Waals surface area contributed by atoms with Crippen LogP contribution in [0, 0.1) is 5.82 Å². The van der Waals surface area contributed by atoms with E-state index in [0.29, 0.717) is 6.54 Å². The highest BCUT2D eigenvalue weighted by Gasteiger charge is 2.15. The second kappa shape index (κ2) is 6.81. The van der Waals surface area contributed by atoms with Gasteiger partial charge in [-0.3, -0.25) is 4.79 Å². The maximum absolute atomic E-state index is 13.9. The summed E-state index contributed by atoms with van der Waals surface area (Å²) in [6, 6.07) is 9.20. The van der Waals surface area contributed by atoms with Crippen LogP contribution in [0.25, 0.3) is 0 Å². The number of amides is 1. The van der Waals surface area contributed by atoms with Crippen LogP contribution in [0.4, 0.5) is 10.2 Å². The molecule has 1 aromatic carbocycles. The molecule has 0 atom stereocenters. The van der Waals surface area contributed by atoms with Gasteiger partial charge in [-0.25, -0.2) is 15.2 Å². The summed E-state index contributed by atoms with van der Waals surface area (Å²) in [7, 11) is 0. The first-order chi connectivity index (χ1) is 10.2. The lowest BCUT2D eigenvalue weighted by molar-refractivity contribution is 0.0947. The molecule has 110 valence electrons. The van der Waals surface area contributed by atoms with Crippen LogP contribution in [-0.2, 0) is 13.0 Å². The number of pyridine rings is 1. The minimum atomic E-state index is -0.765. The molecule has 21 heavy (non-hydrogen) atoms. The minimum Gasteiger partial charge on any atom is -0.348 e. The van der Waals surface area contributed by atoms with Crippen LogP contribution in [0.15, 0.2) is 36.5 Å². The standard InChI is InChI=1S/C15H17FN4O/c1-2-10-3-5-11(6-4-10)9-19-15(21)12-7-8-18-14(20-17)13(12)16/h3-8H,2,9,17H2,1H3,(H,18,20)(H,19,21). The Bertz CT molecular complexity index is 628. The van der Waals surface area contributed by atoms with Crippen molar-refractivity contribution in [3.05, 3.63) is 59.0 Å². The first kappa shape index (κ1) is 14.9. The van der Waals surface area contributed by atoms with E-state index in [1.54, 1.807) is 0 Å². The molecule has 0 bridgehead atoms. The molecule has 0 fully saturated rings. The molecule has 0 aliphatic heterocycles. The Hall–Kier alpha value is -2.47. The zero-order valence-corrected chi connectivity index (χ0v) is 11.7. The Labute approximate surface area is 122 Å². The molecule has 0 aliphatic rings. The number of hydrogen-bond acceptors (Lipinski definition) is 4. The molecule has 0 unspecified atom stereocenters. The van der Waals surface area contributed by atoms with Gasteiger partial charge in [-0.05, 0) is 23.6 Å².